The molecule has 7 nitrogen and oxygen atoms in total. The van der Waals surface area contributed by atoms with Gasteiger partial charge in [0, 0.05) is 24.7 Å². The Bertz CT molecular complexity index is 1340. The van der Waals surface area contributed by atoms with Gasteiger partial charge in [-0.15, -0.1) is 0 Å². The van der Waals surface area contributed by atoms with Crippen molar-refractivity contribution >= 4 is 23.5 Å². The number of carbonyl (C=O) groups is 3. The highest BCUT2D eigenvalue weighted by atomic mass is 19.1. The third kappa shape index (κ3) is 6.76. The first-order chi connectivity index (χ1) is 19.9. The summed E-state index contributed by atoms with van der Waals surface area (Å²) in [7, 11) is 0. The number of anilines is 1. The van der Waals surface area contributed by atoms with E-state index in [4.69, 9.17) is 5.73 Å². The van der Waals surface area contributed by atoms with Crippen molar-refractivity contribution in [3.63, 3.8) is 0 Å². The van der Waals surface area contributed by atoms with Crippen molar-refractivity contribution in [2.75, 3.05) is 18.0 Å². The zero-order valence-corrected chi connectivity index (χ0v) is 23.2. The molecule has 0 unspecified atom stereocenters. The number of nitrogens with zero attached hydrogens (tertiary/aromatic N) is 2. The number of amides is 4. The van der Waals surface area contributed by atoms with Crippen molar-refractivity contribution < 1.29 is 18.8 Å². The summed E-state index contributed by atoms with van der Waals surface area (Å²) >= 11 is 0. The number of likely N-dealkylation sites (tertiary alicyclic amines) is 1. The minimum absolute atomic E-state index is 0.00370. The number of carbonyl (C=O) groups excluding carboxylic acids is 3. The van der Waals surface area contributed by atoms with Gasteiger partial charge in [-0.2, -0.15) is 0 Å². The topological polar surface area (TPSA) is 95.7 Å². The standard InChI is InChI=1S/C33H37FN4O3/c34-26-18-16-25(17-19-26)30(31(35)39)36-32(40)29-11-5-4-10-28(29)24-14-12-23(13-15-24)22-38(27-8-2-1-3-9-27)33(41)37-20-6-7-21-37/h1-3,8-9,12-19,28-30H,4-7,10-11,20-22H2,(H2,35,39)(H,36,40)/t28-,29+,30-/m0/s1. The number of primary amides is 1. The van der Waals surface area contributed by atoms with Crippen LogP contribution >= 0.6 is 0 Å². The van der Waals surface area contributed by atoms with E-state index in [1.165, 1.54) is 24.3 Å². The molecule has 0 bridgehead atoms. The first-order valence-electron chi connectivity index (χ1n) is 14.5. The summed E-state index contributed by atoms with van der Waals surface area (Å²) in [5.74, 6) is -1.65. The van der Waals surface area contributed by atoms with Crippen LogP contribution in [0.25, 0.3) is 0 Å². The van der Waals surface area contributed by atoms with Crippen LogP contribution in [0.3, 0.4) is 0 Å². The van der Waals surface area contributed by atoms with Crippen LogP contribution in [0.2, 0.25) is 0 Å². The zero-order valence-electron chi connectivity index (χ0n) is 23.2. The fourth-order valence-corrected chi connectivity index (χ4v) is 6.08. The summed E-state index contributed by atoms with van der Waals surface area (Å²) in [4.78, 5) is 42.8. The summed E-state index contributed by atoms with van der Waals surface area (Å²) in [6.45, 7) is 2.01. The number of para-hydroxylation sites is 1. The van der Waals surface area contributed by atoms with Crippen LogP contribution < -0.4 is 16.0 Å². The number of urea groups is 1. The summed E-state index contributed by atoms with van der Waals surface area (Å²) in [6, 6.07) is 22.4. The second-order valence-electron chi connectivity index (χ2n) is 11.0. The molecule has 3 N–H and O–H groups in total. The number of hydrogen-bond acceptors (Lipinski definition) is 3. The molecule has 1 saturated carbocycles. The minimum Gasteiger partial charge on any atom is -0.368 e. The molecule has 0 aromatic heterocycles. The molecule has 2 fully saturated rings. The van der Waals surface area contributed by atoms with E-state index in [9.17, 15) is 18.8 Å². The number of halogens is 1. The van der Waals surface area contributed by atoms with Crippen LogP contribution in [0.1, 0.15) is 67.2 Å². The molecule has 5 rings (SSSR count). The second-order valence-corrected chi connectivity index (χ2v) is 11.0. The Balaban J connectivity index is 1.31. The van der Waals surface area contributed by atoms with Gasteiger partial charge < -0.3 is 16.0 Å². The van der Waals surface area contributed by atoms with Crippen LogP contribution in [-0.2, 0) is 16.1 Å². The lowest BCUT2D eigenvalue weighted by atomic mass is 9.74. The Morgan fingerprint density at radius 2 is 1.54 bits per heavy atom. The average molecular weight is 557 g/mol. The predicted octanol–water partition coefficient (Wildman–Crippen LogP) is 5.66. The fraction of sp³-hybridized carbons (Fsp3) is 0.364. The molecule has 3 aromatic carbocycles. The molecule has 214 valence electrons. The molecule has 0 spiro atoms. The van der Waals surface area contributed by atoms with Crippen molar-refractivity contribution in [3.8, 4) is 0 Å². The summed E-state index contributed by atoms with van der Waals surface area (Å²) in [5, 5.41) is 2.83. The van der Waals surface area contributed by atoms with Gasteiger partial charge in [-0.1, -0.05) is 67.4 Å². The Morgan fingerprint density at radius 1 is 0.878 bits per heavy atom. The van der Waals surface area contributed by atoms with Crippen LogP contribution in [0.5, 0.6) is 0 Å². The Hall–Kier alpha value is -4.20. The number of nitrogens with two attached hydrogens (primary N) is 1. The van der Waals surface area contributed by atoms with Gasteiger partial charge in [0.15, 0.2) is 0 Å². The summed E-state index contributed by atoms with van der Waals surface area (Å²) in [6.07, 6.45) is 5.57. The van der Waals surface area contributed by atoms with Crippen LogP contribution in [0.4, 0.5) is 14.9 Å². The zero-order chi connectivity index (χ0) is 28.8. The fourth-order valence-electron chi connectivity index (χ4n) is 6.08. The van der Waals surface area contributed by atoms with Gasteiger partial charge in [0.25, 0.3) is 0 Å². The van der Waals surface area contributed by atoms with E-state index in [2.05, 4.69) is 17.4 Å². The molecule has 1 aliphatic heterocycles. The predicted molar refractivity (Wildman–Crippen MR) is 156 cm³/mol. The smallest absolute Gasteiger partial charge is 0.324 e. The second kappa shape index (κ2) is 13.0. The first kappa shape index (κ1) is 28.3. The molecule has 1 saturated heterocycles. The van der Waals surface area contributed by atoms with E-state index in [1.54, 1.807) is 0 Å². The Kier molecular flexibility index (Phi) is 8.97. The van der Waals surface area contributed by atoms with Crippen molar-refractivity contribution in [1.29, 1.82) is 0 Å². The molecule has 2 aliphatic rings. The molecule has 4 amide bonds. The van der Waals surface area contributed by atoms with Gasteiger partial charge in [0.2, 0.25) is 11.8 Å². The van der Waals surface area contributed by atoms with E-state index in [-0.39, 0.29) is 23.8 Å². The maximum atomic E-state index is 13.5. The quantitative estimate of drug-likeness (QED) is 0.375. The van der Waals surface area contributed by atoms with E-state index in [1.807, 2.05) is 52.3 Å². The number of nitrogens with one attached hydrogen (secondary N) is 1. The lowest BCUT2D eigenvalue weighted by Gasteiger charge is -2.32. The average Bonchev–Trinajstić information content (AvgIpc) is 3.55. The normalized spacial score (nSPS) is 19.4. The molecular formula is C33H37FN4O3. The molecule has 3 atom stereocenters. The third-order valence-electron chi connectivity index (χ3n) is 8.30. The lowest BCUT2D eigenvalue weighted by Crippen LogP contribution is -2.42. The first-order valence-corrected chi connectivity index (χ1v) is 14.5. The SMILES string of the molecule is NC(=O)[C@@H](NC(=O)[C@@H]1CCCC[C@H]1c1ccc(CN(C(=O)N2CCCC2)c2ccccc2)cc1)c1ccc(F)cc1. The van der Waals surface area contributed by atoms with Crippen molar-refractivity contribution in [2.45, 2.75) is 57.0 Å². The maximum Gasteiger partial charge on any atom is 0.324 e. The van der Waals surface area contributed by atoms with Gasteiger partial charge in [-0.05, 0) is 72.6 Å². The number of benzene rings is 3. The molecule has 0 radical (unpaired) electrons. The Morgan fingerprint density at radius 3 is 2.20 bits per heavy atom. The van der Waals surface area contributed by atoms with Gasteiger partial charge in [-0.3, -0.25) is 14.5 Å². The van der Waals surface area contributed by atoms with Crippen LogP contribution in [0, 0.1) is 11.7 Å². The number of hydrogen-bond donors (Lipinski definition) is 2. The van der Waals surface area contributed by atoms with Crippen molar-refractivity contribution in [1.82, 2.24) is 10.2 Å². The molecule has 41 heavy (non-hydrogen) atoms. The highest BCUT2D eigenvalue weighted by Crippen LogP contribution is 2.38. The van der Waals surface area contributed by atoms with Crippen molar-refractivity contribution in [3.05, 3.63) is 101 Å². The van der Waals surface area contributed by atoms with Crippen LogP contribution in [-0.4, -0.2) is 35.8 Å². The maximum absolute atomic E-state index is 13.5. The van der Waals surface area contributed by atoms with E-state index in [0.29, 0.717) is 18.5 Å². The summed E-state index contributed by atoms with van der Waals surface area (Å²) in [5.41, 5.74) is 8.99. The largest absolute Gasteiger partial charge is 0.368 e. The summed E-state index contributed by atoms with van der Waals surface area (Å²) < 4.78 is 13.4. The van der Waals surface area contributed by atoms with E-state index < -0.39 is 17.8 Å². The van der Waals surface area contributed by atoms with E-state index in [0.717, 1.165) is 62.0 Å². The highest BCUT2D eigenvalue weighted by molar-refractivity contribution is 5.92. The van der Waals surface area contributed by atoms with Crippen molar-refractivity contribution in [2.24, 2.45) is 11.7 Å². The Labute approximate surface area is 240 Å². The molecule has 8 heteroatoms. The molecule has 1 aliphatic carbocycles. The molecule has 3 aromatic rings. The lowest BCUT2D eigenvalue weighted by molar-refractivity contribution is -0.131. The highest BCUT2D eigenvalue weighted by Gasteiger charge is 2.34. The van der Waals surface area contributed by atoms with Gasteiger partial charge in [0.05, 0.1) is 6.54 Å². The number of rotatable bonds is 8. The van der Waals surface area contributed by atoms with Gasteiger partial charge >= 0.3 is 6.03 Å². The van der Waals surface area contributed by atoms with E-state index >= 15 is 0 Å². The molecular weight excluding hydrogens is 519 g/mol. The molecule has 1 heterocycles. The van der Waals surface area contributed by atoms with Gasteiger partial charge in [-0.25, -0.2) is 9.18 Å². The monoisotopic (exact) mass is 556 g/mol. The third-order valence-corrected chi connectivity index (χ3v) is 8.30. The van der Waals surface area contributed by atoms with Gasteiger partial charge in [0.1, 0.15) is 11.9 Å². The minimum atomic E-state index is -1.02. The van der Waals surface area contributed by atoms with Crippen LogP contribution in [0.15, 0.2) is 78.9 Å².